The fourth-order valence-corrected chi connectivity index (χ4v) is 4.01. The second-order valence-electron chi connectivity index (χ2n) is 9.18. The van der Waals surface area contributed by atoms with Crippen molar-refractivity contribution in [3.8, 4) is 28.7 Å². The summed E-state index contributed by atoms with van der Waals surface area (Å²) in [6, 6.07) is 16.7. The minimum absolute atomic E-state index is 0.106. The highest BCUT2D eigenvalue weighted by atomic mass is 19.4. The second kappa shape index (κ2) is 14.5. The minimum Gasteiger partial charge on any atom is -0.493 e. The third-order valence-electron chi connectivity index (χ3n) is 6.05. The molecule has 0 N–H and O–H groups in total. The smallest absolute Gasteiger partial charge is 0.493 e. The van der Waals surface area contributed by atoms with Gasteiger partial charge in [0.15, 0.2) is 11.5 Å². The fourth-order valence-electron chi connectivity index (χ4n) is 4.01. The van der Waals surface area contributed by atoms with E-state index < -0.39 is 12.1 Å². The first-order valence-electron chi connectivity index (χ1n) is 13.3. The first kappa shape index (κ1) is 30.7. The highest BCUT2D eigenvalue weighted by Crippen LogP contribution is 2.38. The normalized spacial score (nSPS) is 12.0. The van der Waals surface area contributed by atoms with Crippen LogP contribution in [0.2, 0.25) is 0 Å². The van der Waals surface area contributed by atoms with E-state index in [1.807, 2.05) is 51.1 Å². The van der Waals surface area contributed by atoms with Crippen molar-refractivity contribution in [1.82, 2.24) is 0 Å². The molecule has 0 bridgehead atoms. The summed E-state index contributed by atoms with van der Waals surface area (Å²) in [5, 5.41) is 0. The number of carbonyl (C=O) groups excluding carboxylic acids is 1. The molecule has 0 heterocycles. The van der Waals surface area contributed by atoms with Gasteiger partial charge in [-0.1, -0.05) is 31.2 Å². The SMILES string of the molecule is CCOC(=O)CCc1ccc(OCC[C@H](C)Oc2ccc(OC(F)(F)F)cc2Oc2ccccc2C)cc1CC. The zero-order valence-corrected chi connectivity index (χ0v) is 23.2. The molecule has 9 heteroatoms. The maximum Gasteiger partial charge on any atom is 0.573 e. The van der Waals surface area contributed by atoms with Crippen LogP contribution in [0.15, 0.2) is 60.7 Å². The van der Waals surface area contributed by atoms with Gasteiger partial charge in [0, 0.05) is 18.9 Å². The summed E-state index contributed by atoms with van der Waals surface area (Å²) in [5.74, 6) is 0.969. The third kappa shape index (κ3) is 9.70. The monoisotopic (exact) mass is 560 g/mol. The van der Waals surface area contributed by atoms with Crippen LogP contribution in [-0.2, 0) is 22.4 Å². The fraction of sp³-hybridized carbons (Fsp3) is 0.387. The lowest BCUT2D eigenvalue weighted by molar-refractivity contribution is -0.274. The van der Waals surface area contributed by atoms with E-state index in [-0.39, 0.29) is 23.6 Å². The van der Waals surface area contributed by atoms with Crippen LogP contribution in [0.5, 0.6) is 28.7 Å². The van der Waals surface area contributed by atoms with Crippen LogP contribution in [0.4, 0.5) is 13.2 Å². The first-order chi connectivity index (χ1) is 19.1. The van der Waals surface area contributed by atoms with Gasteiger partial charge < -0.3 is 23.7 Å². The van der Waals surface area contributed by atoms with Crippen LogP contribution < -0.4 is 18.9 Å². The van der Waals surface area contributed by atoms with Gasteiger partial charge in [-0.2, -0.15) is 0 Å². The molecule has 1 atom stereocenters. The number of rotatable bonds is 14. The van der Waals surface area contributed by atoms with Gasteiger partial charge in [0.2, 0.25) is 0 Å². The first-order valence-corrected chi connectivity index (χ1v) is 13.3. The molecule has 0 radical (unpaired) electrons. The van der Waals surface area contributed by atoms with E-state index >= 15 is 0 Å². The number of aryl methyl sites for hydroxylation is 3. The van der Waals surface area contributed by atoms with E-state index in [9.17, 15) is 18.0 Å². The van der Waals surface area contributed by atoms with Crippen molar-refractivity contribution in [1.29, 1.82) is 0 Å². The lowest BCUT2D eigenvalue weighted by Crippen LogP contribution is -2.18. The Kier molecular flexibility index (Phi) is 11.1. The molecular formula is C31H35F3O6. The maximum atomic E-state index is 12.8. The third-order valence-corrected chi connectivity index (χ3v) is 6.05. The van der Waals surface area contributed by atoms with Gasteiger partial charge in [0.25, 0.3) is 0 Å². The number of halogens is 3. The van der Waals surface area contributed by atoms with Crippen LogP contribution in [0.3, 0.4) is 0 Å². The van der Waals surface area contributed by atoms with E-state index in [4.69, 9.17) is 18.9 Å². The average Bonchev–Trinajstić information content (AvgIpc) is 2.90. The topological polar surface area (TPSA) is 63.2 Å². The minimum atomic E-state index is -4.83. The van der Waals surface area contributed by atoms with Crippen LogP contribution in [-0.4, -0.2) is 31.6 Å². The molecule has 0 amide bonds. The van der Waals surface area contributed by atoms with Crippen molar-refractivity contribution in [2.24, 2.45) is 0 Å². The zero-order valence-electron chi connectivity index (χ0n) is 23.2. The van der Waals surface area contributed by atoms with Crippen LogP contribution >= 0.6 is 0 Å². The largest absolute Gasteiger partial charge is 0.573 e. The summed E-state index contributed by atoms with van der Waals surface area (Å²) in [5.41, 5.74) is 3.00. The molecule has 0 aliphatic heterocycles. The molecular weight excluding hydrogens is 525 g/mol. The number of ether oxygens (including phenoxy) is 5. The van der Waals surface area contributed by atoms with Gasteiger partial charge in [-0.3, -0.25) is 4.79 Å². The Bertz CT molecular complexity index is 1260. The summed E-state index contributed by atoms with van der Waals surface area (Å²) in [4.78, 5) is 11.7. The molecule has 0 saturated carbocycles. The number of para-hydroxylation sites is 1. The Labute approximate surface area is 233 Å². The molecule has 0 aliphatic carbocycles. The zero-order chi connectivity index (χ0) is 29.1. The number of carbonyl (C=O) groups is 1. The Morgan fingerprint density at radius 3 is 2.35 bits per heavy atom. The average molecular weight is 561 g/mol. The van der Waals surface area contributed by atoms with Crippen molar-refractivity contribution in [2.45, 2.75) is 65.8 Å². The molecule has 3 rings (SSSR count). The van der Waals surface area contributed by atoms with Crippen molar-refractivity contribution >= 4 is 5.97 Å². The number of benzene rings is 3. The second-order valence-corrected chi connectivity index (χ2v) is 9.18. The molecule has 0 aromatic heterocycles. The highest BCUT2D eigenvalue weighted by Gasteiger charge is 2.31. The van der Waals surface area contributed by atoms with Crippen LogP contribution in [0.25, 0.3) is 0 Å². The molecule has 0 aliphatic rings. The van der Waals surface area contributed by atoms with Crippen molar-refractivity contribution < 1.29 is 41.7 Å². The van der Waals surface area contributed by atoms with E-state index in [0.717, 1.165) is 29.2 Å². The Morgan fingerprint density at radius 2 is 1.65 bits per heavy atom. The van der Waals surface area contributed by atoms with Crippen LogP contribution in [0, 0.1) is 6.92 Å². The molecule has 216 valence electrons. The van der Waals surface area contributed by atoms with E-state index in [1.165, 1.54) is 12.1 Å². The number of hydrogen-bond donors (Lipinski definition) is 0. The van der Waals surface area contributed by atoms with E-state index in [0.29, 0.717) is 44.0 Å². The standard InChI is InChI=1S/C31H35F3O6/c1-5-23-19-25(13-11-24(23)12-16-30(35)36-6-2)37-18-17-22(4)38-28-15-14-26(40-31(32,33)34)20-29(28)39-27-10-8-7-9-21(27)3/h7-11,13-15,19-20,22H,5-6,12,16-18H2,1-4H3/t22-/m0/s1. The van der Waals surface area contributed by atoms with Gasteiger partial charge >= 0.3 is 12.3 Å². The van der Waals surface area contributed by atoms with Crippen molar-refractivity contribution in [2.75, 3.05) is 13.2 Å². The molecule has 0 spiro atoms. The van der Waals surface area contributed by atoms with Gasteiger partial charge in [-0.15, -0.1) is 13.2 Å². The molecule has 3 aromatic carbocycles. The summed E-state index contributed by atoms with van der Waals surface area (Å²) in [6.07, 6.45) is -2.92. The molecule has 0 saturated heterocycles. The molecule has 0 unspecified atom stereocenters. The highest BCUT2D eigenvalue weighted by molar-refractivity contribution is 5.69. The predicted molar refractivity (Wildman–Crippen MR) is 145 cm³/mol. The Hall–Kier alpha value is -3.88. The molecule has 6 nitrogen and oxygen atoms in total. The lowest BCUT2D eigenvalue weighted by atomic mass is 10.0. The quantitative estimate of drug-likeness (QED) is 0.186. The van der Waals surface area contributed by atoms with Gasteiger partial charge in [0.05, 0.1) is 19.3 Å². The van der Waals surface area contributed by atoms with Crippen LogP contribution in [0.1, 0.15) is 50.3 Å². The summed E-state index contributed by atoms with van der Waals surface area (Å²) < 4.78 is 65.4. The Morgan fingerprint density at radius 1 is 0.900 bits per heavy atom. The van der Waals surface area contributed by atoms with Gasteiger partial charge in [0.1, 0.15) is 17.2 Å². The maximum absolute atomic E-state index is 12.8. The molecule has 40 heavy (non-hydrogen) atoms. The summed E-state index contributed by atoms with van der Waals surface area (Å²) in [6.45, 7) is 8.24. The summed E-state index contributed by atoms with van der Waals surface area (Å²) in [7, 11) is 0. The van der Waals surface area contributed by atoms with Gasteiger partial charge in [-0.05, 0) is 80.6 Å². The van der Waals surface area contributed by atoms with Gasteiger partial charge in [-0.25, -0.2) is 0 Å². The Balaban J connectivity index is 1.62. The molecule has 0 fully saturated rings. The summed E-state index contributed by atoms with van der Waals surface area (Å²) >= 11 is 0. The number of esters is 1. The predicted octanol–water partition coefficient (Wildman–Crippen LogP) is 7.98. The van der Waals surface area contributed by atoms with E-state index in [1.54, 1.807) is 19.1 Å². The number of hydrogen-bond acceptors (Lipinski definition) is 6. The van der Waals surface area contributed by atoms with Crippen molar-refractivity contribution in [3.05, 3.63) is 77.4 Å². The van der Waals surface area contributed by atoms with Crippen molar-refractivity contribution in [3.63, 3.8) is 0 Å². The van der Waals surface area contributed by atoms with E-state index in [2.05, 4.69) is 4.74 Å². The molecule has 3 aromatic rings. The number of alkyl halides is 3. The lowest BCUT2D eigenvalue weighted by Gasteiger charge is -2.20.